The molecule has 2 nitrogen and oxygen atoms in total. The van der Waals surface area contributed by atoms with Gasteiger partial charge >= 0.3 is 0 Å². The van der Waals surface area contributed by atoms with Gasteiger partial charge in [-0.1, -0.05) is 6.42 Å². The third-order valence-corrected chi connectivity index (χ3v) is 3.59. The summed E-state index contributed by atoms with van der Waals surface area (Å²) < 4.78 is 0. The van der Waals surface area contributed by atoms with Crippen molar-refractivity contribution >= 4 is 0 Å². The van der Waals surface area contributed by atoms with E-state index in [0.717, 1.165) is 6.04 Å². The summed E-state index contributed by atoms with van der Waals surface area (Å²) in [5, 5.41) is 0. The molecule has 2 heterocycles. The van der Waals surface area contributed by atoms with Crippen LogP contribution in [-0.4, -0.2) is 49.1 Å². The van der Waals surface area contributed by atoms with Crippen molar-refractivity contribution in [3.05, 3.63) is 0 Å². The first-order valence-corrected chi connectivity index (χ1v) is 5.79. The van der Waals surface area contributed by atoms with Gasteiger partial charge in [0.25, 0.3) is 0 Å². The summed E-state index contributed by atoms with van der Waals surface area (Å²) in [7, 11) is 2.29. The molecule has 2 saturated heterocycles. The monoisotopic (exact) mass is 182 g/mol. The summed E-state index contributed by atoms with van der Waals surface area (Å²) >= 11 is 0. The molecule has 0 aromatic carbocycles. The second-order valence-electron chi connectivity index (χ2n) is 4.64. The Morgan fingerprint density at radius 1 is 1.00 bits per heavy atom. The van der Waals surface area contributed by atoms with Gasteiger partial charge in [-0.15, -0.1) is 0 Å². The normalized spacial score (nSPS) is 32.5. The molecule has 0 aromatic rings. The number of likely N-dealkylation sites (tertiary alicyclic amines) is 2. The van der Waals surface area contributed by atoms with Crippen LogP contribution >= 0.6 is 0 Å². The maximum absolute atomic E-state index is 2.65. The minimum Gasteiger partial charge on any atom is -0.302 e. The van der Waals surface area contributed by atoms with E-state index in [0.29, 0.717) is 0 Å². The predicted molar refractivity (Wildman–Crippen MR) is 55.9 cm³/mol. The van der Waals surface area contributed by atoms with Crippen LogP contribution in [0.25, 0.3) is 0 Å². The largest absolute Gasteiger partial charge is 0.302 e. The Bertz CT molecular complexity index is 152. The molecule has 2 aliphatic rings. The molecule has 1 unspecified atom stereocenters. The van der Waals surface area contributed by atoms with Gasteiger partial charge in [-0.3, -0.25) is 0 Å². The molecule has 0 bridgehead atoms. The molecule has 2 rings (SSSR count). The summed E-state index contributed by atoms with van der Waals surface area (Å²) in [6, 6.07) is 0.854. The molecule has 0 amide bonds. The third kappa shape index (κ3) is 2.44. The Kier molecular flexibility index (Phi) is 3.23. The number of hydrogen-bond acceptors (Lipinski definition) is 2. The van der Waals surface area contributed by atoms with Crippen LogP contribution in [0.15, 0.2) is 0 Å². The van der Waals surface area contributed by atoms with Gasteiger partial charge < -0.3 is 9.80 Å². The van der Waals surface area contributed by atoms with Crippen molar-refractivity contribution in [1.82, 2.24) is 9.80 Å². The molecule has 2 fully saturated rings. The smallest absolute Gasteiger partial charge is 0.0220 e. The van der Waals surface area contributed by atoms with Gasteiger partial charge in [0.1, 0.15) is 0 Å². The number of hydrogen-bond donors (Lipinski definition) is 0. The second kappa shape index (κ2) is 4.43. The van der Waals surface area contributed by atoms with Crippen molar-refractivity contribution in [3.8, 4) is 0 Å². The Morgan fingerprint density at radius 2 is 1.69 bits per heavy atom. The van der Waals surface area contributed by atoms with E-state index in [1.54, 1.807) is 0 Å². The molecule has 1 atom stereocenters. The van der Waals surface area contributed by atoms with Gasteiger partial charge in [0.05, 0.1) is 0 Å². The van der Waals surface area contributed by atoms with Crippen LogP contribution in [0.5, 0.6) is 0 Å². The highest BCUT2D eigenvalue weighted by Gasteiger charge is 2.22. The molecule has 0 saturated carbocycles. The molecule has 0 spiro atoms. The quantitative estimate of drug-likeness (QED) is 0.639. The van der Waals surface area contributed by atoms with Crippen molar-refractivity contribution < 1.29 is 0 Å². The topological polar surface area (TPSA) is 6.48 Å². The maximum atomic E-state index is 2.65. The van der Waals surface area contributed by atoms with Crippen LogP contribution in [0.4, 0.5) is 0 Å². The highest BCUT2D eigenvalue weighted by molar-refractivity contribution is 4.79. The van der Waals surface area contributed by atoms with E-state index in [9.17, 15) is 0 Å². The van der Waals surface area contributed by atoms with Crippen LogP contribution < -0.4 is 0 Å². The molecular formula is C11H22N2. The predicted octanol–water partition coefficient (Wildman–Crippen LogP) is 1.57. The zero-order chi connectivity index (χ0) is 9.10. The van der Waals surface area contributed by atoms with Crippen LogP contribution in [0.2, 0.25) is 0 Å². The molecule has 13 heavy (non-hydrogen) atoms. The molecular weight excluding hydrogens is 160 g/mol. The molecule has 0 aromatic heterocycles. The van der Waals surface area contributed by atoms with Gasteiger partial charge in [-0.05, 0) is 52.4 Å². The summed E-state index contributed by atoms with van der Waals surface area (Å²) in [5.74, 6) is 0. The minimum absolute atomic E-state index is 0.854. The summed E-state index contributed by atoms with van der Waals surface area (Å²) in [5.41, 5.74) is 0. The average molecular weight is 182 g/mol. The van der Waals surface area contributed by atoms with Crippen molar-refractivity contribution in [2.24, 2.45) is 0 Å². The molecule has 2 heteroatoms. The SMILES string of the molecule is CN1CCCCC1CN1CCCC1. The van der Waals surface area contributed by atoms with E-state index in [2.05, 4.69) is 16.8 Å². The van der Waals surface area contributed by atoms with Crippen molar-refractivity contribution in [2.75, 3.05) is 33.2 Å². The molecule has 0 aliphatic carbocycles. The van der Waals surface area contributed by atoms with Gasteiger partial charge in [-0.2, -0.15) is 0 Å². The van der Waals surface area contributed by atoms with E-state index in [-0.39, 0.29) is 0 Å². The summed E-state index contributed by atoms with van der Waals surface area (Å²) in [6.45, 7) is 5.35. The average Bonchev–Trinajstić information content (AvgIpc) is 2.61. The Balaban J connectivity index is 1.78. The minimum atomic E-state index is 0.854. The second-order valence-corrected chi connectivity index (χ2v) is 4.64. The van der Waals surface area contributed by atoms with Crippen molar-refractivity contribution in [3.63, 3.8) is 0 Å². The summed E-state index contributed by atoms with van der Waals surface area (Å²) in [4.78, 5) is 5.20. The van der Waals surface area contributed by atoms with Gasteiger partial charge in [0.2, 0.25) is 0 Å². The molecule has 2 aliphatic heterocycles. The first-order valence-electron chi connectivity index (χ1n) is 5.79. The lowest BCUT2D eigenvalue weighted by molar-refractivity contribution is 0.141. The summed E-state index contributed by atoms with van der Waals surface area (Å²) in [6.07, 6.45) is 7.13. The number of nitrogens with zero attached hydrogens (tertiary/aromatic N) is 2. The van der Waals surface area contributed by atoms with Crippen LogP contribution in [-0.2, 0) is 0 Å². The maximum Gasteiger partial charge on any atom is 0.0220 e. The first kappa shape index (κ1) is 9.47. The highest BCUT2D eigenvalue weighted by Crippen LogP contribution is 2.18. The number of piperidine rings is 1. The first-order chi connectivity index (χ1) is 6.36. The van der Waals surface area contributed by atoms with E-state index in [4.69, 9.17) is 0 Å². The van der Waals surface area contributed by atoms with Gasteiger partial charge in [-0.25, -0.2) is 0 Å². The van der Waals surface area contributed by atoms with Gasteiger partial charge in [0, 0.05) is 12.6 Å². The fraction of sp³-hybridized carbons (Fsp3) is 1.00. The number of rotatable bonds is 2. The van der Waals surface area contributed by atoms with Crippen LogP contribution in [0.1, 0.15) is 32.1 Å². The zero-order valence-corrected chi connectivity index (χ0v) is 8.84. The lowest BCUT2D eigenvalue weighted by Crippen LogP contribution is -2.43. The number of likely N-dealkylation sites (N-methyl/N-ethyl adjacent to an activating group) is 1. The van der Waals surface area contributed by atoms with Crippen LogP contribution in [0, 0.1) is 0 Å². The fourth-order valence-corrected chi connectivity index (χ4v) is 2.64. The van der Waals surface area contributed by atoms with Crippen molar-refractivity contribution in [2.45, 2.75) is 38.1 Å². The standard InChI is InChI=1S/C11H22N2/c1-12-7-3-2-6-11(12)10-13-8-4-5-9-13/h11H,2-10H2,1H3. The Labute approximate surface area is 81.9 Å². The van der Waals surface area contributed by atoms with E-state index < -0.39 is 0 Å². The molecule has 0 radical (unpaired) electrons. The lowest BCUT2D eigenvalue weighted by Gasteiger charge is -2.35. The highest BCUT2D eigenvalue weighted by atomic mass is 15.2. The fourth-order valence-electron chi connectivity index (χ4n) is 2.64. The van der Waals surface area contributed by atoms with Crippen LogP contribution in [0.3, 0.4) is 0 Å². The Morgan fingerprint density at radius 3 is 2.38 bits per heavy atom. The third-order valence-electron chi connectivity index (χ3n) is 3.59. The van der Waals surface area contributed by atoms with Crippen molar-refractivity contribution in [1.29, 1.82) is 0 Å². The molecule has 76 valence electrons. The van der Waals surface area contributed by atoms with E-state index in [1.165, 1.54) is 58.3 Å². The van der Waals surface area contributed by atoms with E-state index >= 15 is 0 Å². The Hall–Kier alpha value is -0.0800. The zero-order valence-electron chi connectivity index (χ0n) is 8.84. The lowest BCUT2D eigenvalue weighted by atomic mass is 10.0. The van der Waals surface area contributed by atoms with Gasteiger partial charge in [0.15, 0.2) is 0 Å². The van der Waals surface area contributed by atoms with E-state index in [1.807, 2.05) is 0 Å². The molecule has 0 N–H and O–H groups in total.